The lowest BCUT2D eigenvalue weighted by atomic mass is 10.0. The number of nitrogens with zero attached hydrogens (tertiary/aromatic N) is 4. The van der Waals surface area contributed by atoms with Crippen LogP contribution in [0.1, 0.15) is 11.3 Å². The van der Waals surface area contributed by atoms with Crippen molar-refractivity contribution in [2.45, 2.75) is 6.92 Å². The number of rotatable bonds is 2. The smallest absolute Gasteiger partial charge is 0.182 e. The van der Waals surface area contributed by atoms with Crippen molar-refractivity contribution in [1.82, 2.24) is 14.6 Å². The minimum absolute atomic E-state index is 0.323. The molecule has 0 N–H and O–H groups in total. The summed E-state index contributed by atoms with van der Waals surface area (Å²) in [5.41, 5.74) is 3.89. The third-order valence-electron chi connectivity index (χ3n) is 4.14. The van der Waals surface area contributed by atoms with Gasteiger partial charge in [-0.3, -0.25) is 0 Å². The molecule has 0 saturated carbocycles. The number of aromatic nitrogens is 3. The van der Waals surface area contributed by atoms with E-state index >= 15 is 0 Å². The quantitative estimate of drug-likeness (QED) is 0.502. The molecule has 0 bridgehead atoms. The Morgan fingerprint density at radius 3 is 2.54 bits per heavy atom. The maximum atomic E-state index is 13.2. The van der Waals surface area contributed by atoms with Crippen molar-refractivity contribution in [2.75, 3.05) is 0 Å². The number of benzene rings is 2. The summed E-state index contributed by atoms with van der Waals surface area (Å²) in [5, 5.41) is 14.8. The molecule has 0 aliphatic rings. The Labute approximate surface area is 154 Å². The second-order valence-electron chi connectivity index (χ2n) is 5.87. The highest BCUT2D eigenvalue weighted by molar-refractivity contribution is 6.30. The molecule has 0 aliphatic heterocycles. The summed E-state index contributed by atoms with van der Waals surface area (Å²) in [6, 6.07) is 17.4. The van der Waals surface area contributed by atoms with Gasteiger partial charge in [0, 0.05) is 21.8 Å². The van der Waals surface area contributed by atoms with E-state index in [1.54, 1.807) is 28.8 Å². The van der Waals surface area contributed by atoms with Gasteiger partial charge in [-0.05, 0) is 42.8 Å². The van der Waals surface area contributed by atoms with Crippen molar-refractivity contribution in [3.05, 3.63) is 76.7 Å². The Morgan fingerprint density at radius 2 is 1.85 bits per heavy atom. The van der Waals surface area contributed by atoms with Crippen LogP contribution >= 0.6 is 11.6 Å². The molecular formula is C20H12ClFN4. The molecular weight excluding hydrogens is 351 g/mol. The summed E-state index contributed by atoms with van der Waals surface area (Å²) in [7, 11) is 0. The second kappa shape index (κ2) is 6.25. The van der Waals surface area contributed by atoms with E-state index in [-0.39, 0.29) is 5.82 Å². The highest BCUT2D eigenvalue weighted by Gasteiger charge is 2.17. The van der Waals surface area contributed by atoms with E-state index in [2.05, 4.69) is 16.2 Å². The molecule has 26 heavy (non-hydrogen) atoms. The number of fused-ring (bicyclic) bond motifs is 1. The van der Waals surface area contributed by atoms with Gasteiger partial charge in [-0.1, -0.05) is 35.9 Å². The van der Waals surface area contributed by atoms with Gasteiger partial charge in [0.15, 0.2) is 11.5 Å². The first kappa shape index (κ1) is 16.2. The van der Waals surface area contributed by atoms with Gasteiger partial charge in [-0.15, -0.1) is 5.10 Å². The van der Waals surface area contributed by atoms with Crippen molar-refractivity contribution in [3.8, 4) is 28.6 Å². The van der Waals surface area contributed by atoms with Crippen LogP contribution < -0.4 is 0 Å². The van der Waals surface area contributed by atoms with Gasteiger partial charge in [0.25, 0.3) is 0 Å². The van der Waals surface area contributed by atoms with Crippen molar-refractivity contribution in [3.63, 3.8) is 0 Å². The molecule has 2 aromatic heterocycles. The van der Waals surface area contributed by atoms with Gasteiger partial charge in [-0.2, -0.15) is 5.26 Å². The van der Waals surface area contributed by atoms with Crippen molar-refractivity contribution < 1.29 is 4.39 Å². The fraction of sp³-hybridized carbons (Fsp3) is 0.0500. The number of pyridine rings is 1. The molecule has 0 aliphatic carbocycles. The lowest BCUT2D eigenvalue weighted by Gasteiger charge is -2.08. The first-order valence-corrected chi connectivity index (χ1v) is 8.27. The van der Waals surface area contributed by atoms with Gasteiger partial charge < -0.3 is 0 Å². The molecule has 4 nitrogen and oxygen atoms in total. The van der Waals surface area contributed by atoms with Crippen LogP contribution in [0.5, 0.6) is 0 Å². The maximum absolute atomic E-state index is 13.2. The number of nitriles is 1. The Kier molecular flexibility index (Phi) is 3.90. The molecule has 4 rings (SSSR count). The topological polar surface area (TPSA) is 54.0 Å². The third kappa shape index (κ3) is 2.71. The first-order chi connectivity index (χ1) is 12.6. The average molecular weight is 363 g/mol. The second-order valence-corrected chi connectivity index (χ2v) is 6.31. The Hall–Kier alpha value is -3.23. The van der Waals surface area contributed by atoms with Crippen LogP contribution in [-0.2, 0) is 0 Å². The van der Waals surface area contributed by atoms with Crippen LogP contribution in [0.2, 0.25) is 5.02 Å². The zero-order valence-corrected chi connectivity index (χ0v) is 14.5. The highest BCUT2D eigenvalue weighted by atomic mass is 35.5. The van der Waals surface area contributed by atoms with Gasteiger partial charge >= 0.3 is 0 Å². The van der Waals surface area contributed by atoms with Crippen molar-refractivity contribution in [2.24, 2.45) is 0 Å². The molecule has 4 aromatic rings. The van der Waals surface area contributed by atoms with Crippen molar-refractivity contribution in [1.29, 1.82) is 5.26 Å². The van der Waals surface area contributed by atoms with Gasteiger partial charge in [0.05, 0.1) is 0 Å². The molecule has 0 spiro atoms. The minimum Gasteiger partial charge on any atom is -0.216 e. The fourth-order valence-electron chi connectivity index (χ4n) is 2.90. The maximum Gasteiger partial charge on any atom is 0.182 e. The molecule has 0 radical (unpaired) electrons. The molecule has 0 atom stereocenters. The van der Waals surface area contributed by atoms with E-state index in [1.165, 1.54) is 12.1 Å². The average Bonchev–Trinajstić information content (AvgIpc) is 3.08. The summed E-state index contributed by atoms with van der Waals surface area (Å²) in [6.07, 6.45) is 0. The molecule has 0 fully saturated rings. The van der Waals surface area contributed by atoms with E-state index in [1.807, 2.05) is 25.1 Å². The Balaban J connectivity index is 1.97. The standard InChI is InChI=1S/C20H12ClFN4/c1-12-9-17(13-5-7-16(22)8-6-13)18(11-23)20-24-19(25-26(12)20)14-3-2-4-15(21)10-14/h2-10H,1H3. The molecule has 0 amide bonds. The monoisotopic (exact) mass is 362 g/mol. The van der Waals surface area contributed by atoms with Crippen LogP contribution in [0.25, 0.3) is 28.2 Å². The normalized spacial score (nSPS) is 10.8. The van der Waals surface area contributed by atoms with E-state index in [9.17, 15) is 9.65 Å². The number of halogens is 2. The third-order valence-corrected chi connectivity index (χ3v) is 4.37. The number of aryl methyl sites for hydroxylation is 1. The minimum atomic E-state index is -0.323. The largest absolute Gasteiger partial charge is 0.216 e. The summed E-state index contributed by atoms with van der Waals surface area (Å²) in [5.74, 6) is 0.166. The SMILES string of the molecule is Cc1cc(-c2ccc(F)cc2)c(C#N)c2nc(-c3cccc(Cl)c3)nn12. The summed E-state index contributed by atoms with van der Waals surface area (Å²) in [4.78, 5) is 4.56. The predicted octanol–water partition coefficient (Wildman–Crippen LogP) is 5.04. The zero-order chi connectivity index (χ0) is 18.3. The summed E-state index contributed by atoms with van der Waals surface area (Å²) < 4.78 is 14.9. The van der Waals surface area contributed by atoms with E-state index < -0.39 is 0 Å². The lowest BCUT2D eigenvalue weighted by Crippen LogP contribution is -1.99. The molecule has 2 heterocycles. The number of hydrogen-bond acceptors (Lipinski definition) is 3. The van der Waals surface area contributed by atoms with E-state index in [4.69, 9.17) is 11.6 Å². The van der Waals surface area contributed by atoms with Crippen molar-refractivity contribution >= 4 is 17.2 Å². The molecule has 0 saturated heterocycles. The molecule has 126 valence electrons. The van der Waals surface area contributed by atoms with E-state index in [0.29, 0.717) is 27.6 Å². The van der Waals surface area contributed by atoms with Gasteiger partial charge in [0.1, 0.15) is 17.4 Å². The molecule has 6 heteroatoms. The Morgan fingerprint density at radius 1 is 1.08 bits per heavy atom. The van der Waals surface area contributed by atoms with Gasteiger partial charge in [-0.25, -0.2) is 13.9 Å². The first-order valence-electron chi connectivity index (χ1n) is 7.89. The zero-order valence-electron chi connectivity index (χ0n) is 13.7. The van der Waals surface area contributed by atoms with Gasteiger partial charge in [0.2, 0.25) is 0 Å². The number of hydrogen-bond donors (Lipinski definition) is 0. The highest BCUT2D eigenvalue weighted by Crippen LogP contribution is 2.29. The molecule has 2 aromatic carbocycles. The van der Waals surface area contributed by atoms with E-state index in [0.717, 1.165) is 16.8 Å². The Bertz CT molecular complexity index is 1170. The van der Waals surface area contributed by atoms with Crippen LogP contribution in [0.4, 0.5) is 4.39 Å². The van der Waals surface area contributed by atoms with Crippen LogP contribution in [0, 0.1) is 24.1 Å². The lowest BCUT2D eigenvalue weighted by molar-refractivity contribution is 0.628. The predicted molar refractivity (Wildman–Crippen MR) is 98.3 cm³/mol. The van der Waals surface area contributed by atoms with Crippen LogP contribution in [-0.4, -0.2) is 14.6 Å². The summed E-state index contributed by atoms with van der Waals surface area (Å²) in [6.45, 7) is 1.89. The van der Waals surface area contributed by atoms with Crippen LogP contribution in [0.15, 0.2) is 54.6 Å². The summed E-state index contributed by atoms with van der Waals surface area (Å²) >= 11 is 6.06. The van der Waals surface area contributed by atoms with Crippen LogP contribution in [0.3, 0.4) is 0 Å². The fourth-order valence-corrected chi connectivity index (χ4v) is 3.09. The molecule has 0 unspecified atom stereocenters.